The first-order valence-corrected chi connectivity index (χ1v) is 10.1. The Kier molecular flexibility index (Phi) is 6.66. The normalized spacial score (nSPS) is 13.7. The molecule has 1 saturated heterocycles. The standard InChI is InChI=1S/C20H21ClN4O3S/c1-13-5-7-15(21)12-16(13)22-20(29)23-19(26)14-6-8-17(18(11-14)25(27)28)24-9-3-2-4-10-24/h5-8,11-12H,2-4,9-10H2,1H3,(H2,22,23,26,29). The van der Waals surface area contributed by atoms with Crippen LogP contribution in [0.5, 0.6) is 0 Å². The topological polar surface area (TPSA) is 87.5 Å². The molecule has 1 aliphatic heterocycles. The molecule has 0 saturated carbocycles. The van der Waals surface area contributed by atoms with E-state index < -0.39 is 10.8 Å². The maximum atomic E-state index is 12.6. The van der Waals surface area contributed by atoms with Crippen molar-refractivity contribution in [2.24, 2.45) is 0 Å². The van der Waals surface area contributed by atoms with E-state index in [1.54, 1.807) is 24.3 Å². The van der Waals surface area contributed by atoms with Crippen LogP contribution in [0, 0.1) is 17.0 Å². The van der Waals surface area contributed by atoms with E-state index in [9.17, 15) is 14.9 Å². The molecule has 7 nitrogen and oxygen atoms in total. The quantitative estimate of drug-likeness (QED) is 0.414. The first-order valence-electron chi connectivity index (χ1n) is 9.27. The van der Waals surface area contributed by atoms with Gasteiger partial charge in [0.05, 0.1) is 4.92 Å². The van der Waals surface area contributed by atoms with Crippen LogP contribution in [0.25, 0.3) is 0 Å². The molecular weight excluding hydrogens is 412 g/mol. The van der Waals surface area contributed by atoms with Crippen molar-refractivity contribution in [2.75, 3.05) is 23.3 Å². The monoisotopic (exact) mass is 432 g/mol. The van der Waals surface area contributed by atoms with E-state index in [-0.39, 0.29) is 16.4 Å². The molecule has 152 valence electrons. The number of halogens is 1. The summed E-state index contributed by atoms with van der Waals surface area (Å²) in [5.74, 6) is -0.518. The number of nitro benzene ring substituents is 1. The number of rotatable bonds is 4. The molecule has 1 heterocycles. The number of thiocarbonyl (C=S) groups is 1. The third-order valence-electron chi connectivity index (χ3n) is 4.81. The fourth-order valence-electron chi connectivity index (χ4n) is 3.27. The molecule has 1 amide bonds. The Hall–Kier alpha value is -2.71. The third-order valence-corrected chi connectivity index (χ3v) is 5.25. The van der Waals surface area contributed by atoms with Crippen molar-refractivity contribution in [1.29, 1.82) is 0 Å². The zero-order valence-electron chi connectivity index (χ0n) is 15.9. The molecule has 0 aliphatic carbocycles. The van der Waals surface area contributed by atoms with Gasteiger partial charge in [0, 0.05) is 35.4 Å². The number of carbonyl (C=O) groups is 1. The minimum atomic E-state index is -0.518. The molecule has 2 aromatic rings. The van der Waals surface area contributed by atoms with Gasteiger partial charge in [-0.1, -0.05) is 17.7 Å². The Bertz CT molecular complexity index is 961. The largest absolute Gasteiger partial charge is 0.366 e. The highest BCUT2D eigenvalue weighted by atomic mass is 35.5. The Balaban J connectivity index is 1.74. The summed E-state index contributed by atoms with van der Waals surface area (Å²) in [5, 5.41) is 17.7. The highest BCUT2D eigenvalue weighted by Crippen LogP contribution is 2.31. The summed E-state index contributed by atoms with van der Waals surface area (Å²) in [5.41, 5.74) is 2.22. The van der Waals surface area contributed by atoms with Crippen LogP contribution in [-0.2, 0) is 0 Å². The molecule has 2 N–H and O–H groups in total. The average Bonchev–Trinajstić information content (AvgIpc) is 2.70. The number of carbonyl (C=O) groups excluding carboxylic acids is 1. The highest BCUT2D eigenvalue weighted by Gasteiger charge is 2.23. The Morgan fingerprint density at radius 3 is 2.59 bits per heavy atom. The fourth-order valence-corrected chi connectivity index (χ4v) is 3.65. The number of nitrogens with one attached hydrogen (secondary N) is 2. The van der Waals surface area contributed by atoms with E-state index in [0.717, 1.165) is 37.9 Å². The predicted octanol–water partition coefficient (Wildman–Crippen LogP) is 4.67. The van der Waals surface area contributed by atoms with Crippen molar-refractivity contribution in [3.8, 4) is 0 Å². The van der Waals surface area contributed by atoms with E-state index in [4.69, 9.17) is 23.8 Å². The van der Waals surface area contributed by atoms with Gasteiger partial charge in [0.1, 0.15) is 5.69 Å². The lowest BCUT2D eigenvalue weighted by Crippen LogP contribution is -2.34. The van der Waals surface area contributed by atoms with Crippen LogP contribution < -0.4 is 15.5 Å². The van der Waals surface area contributed by atoms with Crippen LogP contribution in [0.15, 0.2) is 36.4 Å². The second kappa shape index (κ2) is 9.19. The fraction of sp³-hybridized carbons (Fsp3) is 0.300. The van der Waals surface area contributed by atoms with Gasteiger partial charge in [-0.25, -0.2) is 0 Å². The Labute approximate surface area is 179 Å². The van der Waals surface area contributed by atoms with E-state index in [0.29, 0.717) is 16.4 Å². The van der Waals surface area contributed by atoms with Crippen molar-refractivity contribution < 1.29 is 9.72 Å². The maximum Gasteiger partial charge on any atom is 0.293 e. The summed E-state index contributed by atoms with van der Waals surface area (Å²) in [6, 6.07) is 9.81. The summed E-state index contributed by atoms with van der Waals surface area (Å²) in [4.78, 5) is 25.7. The van der Waals surface area contributed by atoms with Gasteiger partial charge in [0.2, 0.25) is 0 Å². The molecule has 1 aliphatic rings. The molecule has 0 aromatic heterocycles. The van der Waals surface area contributed by atoms with E-state index in [1.165, 1.54) is 6.07 Å². The molecular formula is C20H21ClN4O3S. The van der Waals surface area contributed by atoms with Crippen LogP contribution in [0.4, 0.5) is 17.1 Å². The Morgan fingerprint density at radius 1 is 1.17 bits per heavy atom. The average molecular weight is 433 g/mol. The molecule has 2 aromatic carbocycles. The van der Waals surface area contributed by atoms with Gasteiger partial charge in [0.25, 0.3) is 11.6 Å². The Morgan fingerprint density at radius 2 is 1.90 bits per heavy atom. The zero-order valence-corrected chi connectivity index (χ0v) is 17.5. The second-order valence-electron chi connectivity index (χ2n) is 6.88. The van der Waals surface area contributed by atoms with Crippen molar-refractivity contribution >= 4 is 51.9 Å². The highest BCUT2D eigenvalue weighted by molar-refractivity contribution is 7.80. The van der Waals surface area contributed by atoms with Gasteiger partial charge in [-0.3, -0.25) is 20.2 Å². The van der Waals surface area contributed by atoms with Crippen molar-refractivity contribution in [3.05, 3.63) is 62.7 Å². The number of nitro groups is 1. The molecule has 0 bridgehead atoms. The van der Waals surface area contributed by atoms with Crippen molar-refractivity contribution in [1.82, 2.24) is 5.32 Å². The van der Waals surface area contributed by atoms with E-state index in [2.05, 4.69) is 10.6 Å². The van der Waals surface area contributed by atoms with Gasteiger partial charge >= 0.3 is 0 Å². The molecule has 0 radical (unpaired) electrons. The number of anilines is 2. The molecule has 1 fully saturated rings. The minimum absolute atomic E-state index is 0.0795. The first-order chi connectivity index (χ1) is 13.8. The summed E-state index contributed by atoms with van der Waals surface area (Å²) in [7, 11) is 0. The lowest BCUT2D eigenvalue weighted by atomic mass is 10.1. The molecule has 3 rings (SSSR count). The van der Waals surface area contributed by atoms with Crippen LogP contribution in [-0.4, -0.2) is 29.0 Å². The number of aryl methyl sites for hydroxylation is 1. The number of hydrogen-bond donors (Lipinski definition) is 2. The first kappa shape index (κ1) is 21.0. The van der Waals surface area contributed by atoms with Crippen LogP contribution in [0.3, 0.4) is 0 Å². The third kappa shape index (κ3) is 5.21. The van der Waals surface area contributed by atoms with Crippen LogP contribution in [0.1, 0.15) is 35.2 Å². The summed E-state index contributed by atoms with van der Waals surface area (Å²) in [6.45, 7) is 3.44. The number of benzene rings is 2. The van der Waals surface area contributed by atoms with Crippen LogP contribution >= 0.6 is 23.8 Å². The zero-order chi connectivity index (χ0) is 21.0. The number of nitrogens with zero attached hydrogens (tertiary/aromatic N) is 2. The molecule has 0 spiro atoms. The van der Waals surface area contributed by atoms with Gasteiger partial charge in [0.15, 0.2) is 5.11 Å². The lowest BCUT2D eigenvalue weighted by Gasteiger charge is -2.28. The summed E-state index contributed by atoms with van der Waals surface area (Å²) >= 11 is 11.2. The number of piperidine rings is 1. The van der Waals surface area contributed by atoms with Gasteiger partial charge in [-0.05, 0) is 68.2 Å². The minimum Gasteiger partial charge on any atom is -0.366 e. The number of hydrogen-bond acceptors (Lipinski definition) is 5. The van der Waals surface area contributed by atoms with Gasteiger partial charge in [-0.2, -0.15) is 0 Å². The molecule has 0 unspecified atom stereocenters. The second-order valence-corrected chi connectivity index (χ2v) is 7.72. The molecule has 0 atom stereocenters. The summed E-state index contributed by atoms with van der Waals surface area (Å²) < 4.78 is 0. The smallest absolute Gasteiger partial charge is 0.293 e. The molecule has 29 heavy (non-hydrogen) atoms. The van der Waals surface area contributed by atoms with E-state index >= 15 is 0 Å². The van der Waals surface area contributed by atoms with Crippen molar-refractivity contribution in [3.63, 3.8) is 0 Å². The van der Waals surface area contributed by atoms with Crippen molar-refractivity contribution in [2.45, 2.75) is 26.2 Å². The van der Waals surface area contributed by atoms with E-state index in [1.807, 2.05) is 17.9 Å². The van der Waals surface area contributed by atoms with Gasteiger partial charge < -0.3 is 10.2 Å². The lowest BCUT2D eigenvalue weighted by molar-refractivity contribution is -0.384. The SMILES string of the molecule is Cc1ccc(Cl)cc1NC(=S)NC(=O)c1ccc(N2CCCCC2)c([N+](=O)[O-])c1. The maximum absolute atomic E-state index is 12.6. The van der Waals surface area contributed by atoms with Crippen LogP contribution in [0.2, 0.25) is 5.02 Å². The molecule has 9 heteroatoms. The van der Waals surface area contributed by atoms with Gasteiger partial charge in [-0.15, -0.1) is 0 Å². The number of amides is 1. The summed E-state index contributed by atoms with van der Waals surface area (Å²) in [6.07, 6.45) is 3.13. The predicted molar refractivity (Wildman–Crippen MR) is 119 cm³/mol.